The fraction of sp³-hybridized carbons (Fsp3) is 0.656. The van der Waals surface area contributed by atoms with Gasteiger partial charge >= 0.3 is 5.97 Å². The molecular weight excluding hydrogens is 462 g/mol. The Hall–Kier alpha value is -2.43. The summed E-state index contributed by atoms with van der Waals surface area (Å²) < 4.78 is 5.41. The number of carbonyl (C=O) groups is 3. The lowest BCUT2D eigenvalue weighted by Crippen LogP contribution is -2.46. The van der Waals surface area contributed by atoms with Crippen LogP contribution in [0.25, 0.3) is 0 Å². The molecule has 3 unspecified atom stereocenters. The lowest BCUT2D eigenvalue weighted by atomic mass is 9.52. The normalized spacial score (nSPS) is 27.8. The molecular formula is C32H45NO4. The number of ether oxygens (including phenoxy) is 1. The third-order valence-electron chi connectivity index (χ3n) is 9.42. The molecule has 5 nitrogen and oxygen atoms in total. The molecule has 1 saturated carbocycles. The highest BCUT2D eigenvalue weighted by atomic mass is 16.5. The van der Waals surface area contributed by atoms with Gasteiger partial charge in [-0.1, -0.05) is 64.0 Å². The largest absolute Gasteiger partial charge is 0.427 e. The number of hydrogen-bond donors (Lipinski definition) is 1. The average molecular weight is 508 g/mol. The average Bonchev–Trinajstić information content (AvgIpc) is 3.18. The van der Waals surface area contributed by atoms with Gasteiger partial charge in [0.2, 0.25) is 5.91 Å². The molecule has 0 heterocycles. The second-order valence-corrected chi connectivity index (χ2v) is 11.8. The van der Waals surface area contributed by atoms with Crippen LogP contribution in [0.2, 0.25) is 0 Å². The number of unbranched alkanes of at least 4 members (excludes halogenated alkanes) is 7. The van der Waals surface area contributed by atoms with Crippen molar-refractivity contribution in [2.24, 2.45) is 23.2 Å². The number of carbonyl (C=O) groups excluding carboxylic acids is 3. The Morgan fingerprint density at radius 1 is 1.05 bits per heavy atom. The van der Waals surface area contributed by atoms with Crippen LogP contribution in [0.15, 0.2) is 30.4 Å². The Kier molecular flexibility index (Phi) is 9.26. The van der Waals surface area contributed by atoms with Crippen molar-refractivity contribution < 1.29 is 19.1 Å². The number of hydrogen-bond acceptors (Lipinski definition) is 4. The van der Waals surface area contributed by atoms with Gasteiger partial charge in [0.15, 0.2) is 5.78 Å². The van der Waals surface area contributed by atoms with Crippen molar-refractivity contribution in [1.82, 2.24) is 5.32 Å². The predicted octanol–water partition coefficient (Wildman–Crippen LogP) is 6.69. The van der Waals surface area contributed by atoms with Gasteiger partial charge in [0.1, 0.15) is 5.75 Å². The van der Waals surface area contributed by atoms with Crippen molar-refractivity contribution in [2.75, 3.05) is 7.05 Å². The monoisotopic (exact) mass is 507 g/mol. The van der Waals surface area contributed by atoms with Crippen molar-refractivity contribution in [2.45, 2.75) is 103 Å². The number of ketones is 1. The van der Waals surface area contributed by atoms with Crippen LogP contribution in [0.5, 0.6) is 5.75 Å². The van der Waals surface area contributed by atoms with E-state index in [4.69, 9.17) is 4.74 Å². The molecule has 1 N–H and O–H groups in total. The summed E-state index contributed by atoms with van der Waals surface area (Å²) in [6.45, 7) is 3.65. The predicted molar refractivity (Wildman–Crippen MR) is 146 cm³/mol. The van der Waals surface area contributed by atoms with Crippen molar-refractivity contribution in [3.05, 3.63) is 41.5 Å². The Labute approximate surface area is 222 Å². The standard InChI is InChI=1S/C32H45NO4/c1-22(34)37-25-14-15-26-24(21-25)20-23(12-10-8-6-4-5-7-9-11-13-30(36)33-3)31-27(26)18-19-32(2)28(31)16-17-29(32)35/h14-17,21,23,27-28,31H,4-13,18-20H2,1-3H3,(H,33,36)/t23-,27?,28?,31?,32+/m1/s1. The number of amides is 1. The minimum atomic E-state index is -0.278. The van der Waals surface area contributed by atoms with Crippen LogP contribution < -0.4 is 10.1 Å². The molecule has 5 heteroatoms. The zero-order chi connectivity index (χ0) is 26.4. The van der Waals surface area contributed by atoms with Gasteiger partial charge in [0.05, 0.1) is 0 Å². The molecule has 3 aliphatic rings. The molecule has 1 aromatic rings. The van der Waals surface area contributed by atoms with Gasteiger partial charge in [0, 0.05) is 25.8 Å². The number of fused-ring (bicyclic) bond motifs is 5. The summed E-state index contributed by atoms with van der Waals surface area (Å²) in [5, 5.41) is 2.69. The summed E-state index contributed by atoms with van der Waals surface area (Å²) in [7, 11) is 1.70. The molecule has 202 valence electrons. The van der Waals surface area contributed by atoms with E-state index in [9.17, 15) is 14.4 Å². The number of rotatable bonds is 12. The molecule has 4 rings (SSSR count). The summed E-state index contributed by atoms with van der Waals surface area (Å²) in [5.41, 5.74) is 2.51. The smallest absolute Gasteiger partial charge is 0.308 e. The van der Waals surface area contributed by atoms with Crippen molar-refractivity contribution in [3.8, 4) is 5.75 Å². The Bertz CT molecular complexity index is 1010. The fourth-order valence-corrected chi connectivity index (χ4v) is 7.42. The molecule has 37 heavy (non-hydrogen) atoms. The van der Waals surface area contributed by atoms with Gasteiger partial charge < -0.3 is 10.1 Å². The first-order valence-corrected chi connectivity index (χ1v) is 14.6. The minimum Gasteiger partial charge on any atom is -0.427 e. The first-order chi connectivity index (χ1) is 17.8. The molecule has 1 amide bonds. The van der Waals surface area contributed by atoms with E-state index in [-0.39, 0.29) is 17.3 Å². The molecule has 0 aliphatic heterocycles. The highest BCUT2D eigenvalue weighted by Gasteiger charge is 2.54. The van der Waals surface area contributed by atoms with Crippen LogP contribution in [0.3, 0.4) is 0 Å². The summed E-state index contributed by atoms with van der Waals surface area (Å²) in [6, 6.07) is 6.21. The fourth-order valence-electron chi connectivity index (χ4n) is 7.42. The van der Waals surface area contributed by atoms with E-state index < -0.39 is 0 Å². The van der Waals surface area contributed by atoms with E-state index >= 15 is 0 Å². The van der Waals surface area contributed by atoms with Crippen LogP contribution in [0, 0.1) is 23.2 Å². The van der Waals surface area contributed by atoms with Crippen LogP contribution in [0.1, 0.15) is 108 Å². The summed E-state index contributed by atoms with van der Waals surface area (Å²) >= 11 is 0. The number of esters is 1. The Balaban J connectivity index is 1.34. The van der Waals surface area contributed by atoms with E-state index in [2.05, 4.69) is 30.4 Å². The molecule has 0 aromatic heterocycles. The lowest BCUT2D eigenvalue weighted by Gasteiger charge is -2.51. The maximum Gasteiger partial charge on any atom is 0.308 e. The molecule has 0 bridgehead atoms. The third kappa shape index (κ3) is 6.35. The maximum atomic E-state index is 12.8. The van der Waals surface area contributed by atoms with Gasteiger partial charge in [-0.3, -0.25) is 14.4 Å². The topological polar surface area (TPSA) is 72.5 Å². The zero-order valence-electron chi connectivity index (χ0n) is 23.0. The summed E-state index contributed by atoms with van der Waals surface area (Å²) in [6.07, 6.45) is 18.5. The van der Waals surface area contributed by atoms with Gasteiger partial charge in [-0.15, -0.1) is 0 Å². The highest BCUT2D eigenvalue weighted by Crippen LogP contribution is 2.59. The number of nitrogens with one attached hydrogen (secondary N) is 1. The lowest BCUT2D eigenvalue weighted by molar-refractivity contribution is -0.132. The first kappa shape index (κ1) is 27.6. The van der Waals surface area contributed by atoms with E-state index in [0.29, 0.717) is 41.6 Å². The number of allylic oxidation sites excluding steroid dienone is 2. The molecule has 0 saturated heterocycles. The van der Waals surface area contributed by atoms with E-state index in [1.54, 1.807) is 7.05 Å². The first-order valence-electron chi connectivity index (χ1n) is 14.6. The molecule has 3 aliphatic carbocycles. The Morgan fingerprint density at radius 3 is 2.46 bits per heavy atom. The number of benzene rings is 1. The van der Waals surface area contributed by atoms with Crippen molar-refractivity contribution in [1.29, 1.82) is 0 Å². The van der Waals surface area contributed by atoms with Crippen LogP contribution in [-0.4, -0.2) is 24.7 Å². The molecule has 0 spiro atoms. The van der Waals surface area contributed by atoms with Gasteiger partial charge in [-0.25, -0.2) is 0 Å². The summed E-state index contributed by atoms with van der Waals surface area (Å²) in [4.78, 5) is 35.7. The molecule has 5 atom stereocenters. The van der Waals surface area contributed by atoms with Crippen molar-refractivity contribution >= 4 is 17.7 Å². The highest BCUT2D eigenvalue weighted by molar-refractivity contribution is 5.97. The van der Waals surface area contributed by atoms with Crippen LogP contribution >= 0.6 is 0 Å². The van der Waals surface area contributed by atoms with Gasteiger partial charge in [-0.05, 0) is 85.1 Å². The van der Waals surface area contributed by atoms with E-state index in [1.807, 2.05) is 12.1 Å². The van der Waals surface area contributed by atoms with Gasteiger partial charge in [-0.2, -0.15) is 0 Å². The molecule has 1 aromatic carbocycles. The second kappa shape index (κ2) is 12.4. The third-order valence-corrected chi connectivity index (χ3v) is 9.42. The van der Waals surface area contributed by atoms with Crippen molar-refractivity contribution in [3.63, 3.8) is 0 Å². The van der Waals surface area contributed by atoms with Crippen LogP contribution in [0.4, 0.5) is 0 Å². The maximum absolute atomic E-state index is 12.8. The van der Waals surface area contributed by atoms with Gasteiger partial charge in [0.25, 0.3) is 0 Å². The quantitative estimate of drug-likeness (QED) is 0.194. The Morgan fingerprint density at radius 2 is 1.76 bits per heavy atom. The molecule has 0 radical (unpaired) electrons. The van der Waals surface area contributed by atoms with E-state index in [0.717, 1.165) is 32.1 Å². The van der Waals surface area contributed by atoms with Crippen LogP contribution in [-0.2, 0) is 20.8 Å². The molecule has 1 fully saturated rings. The minimum absolute atomic E-state index is 0.144. The SMILES string of the molecule is CNC(=O)CCCCCCCCCC[C@@H]1Cc2cc(OC(C)=O)ccc2C2CC[C@]3(C)C(=O)C=CC3C21. The zero-order valence-corrected chi connectivity index (χ0v) is 23.0. The van der Waals surface area contributed by atoms with E-state index in [1.165, 1.54) is 63.0 Å². The second-order valence-electron chi connectivity index (χ2n) is 11.8. The summed E-state index contributed by atoms with van der Waals surface area (Å²) in [5.74, 6) is 2.70.